The first-order chi connectivity index (χ1) is 28.7. The number of ether oxygens (including phenoxy) is 4. The zero-order chi connectivity index (χ0) is 47.9. The smallest absolute Gasteiger partial charge is 0.306 e. The number of esters is 2. The number of halogens is 3. The fourth-order valence-corrected chi connectivity index (χ4v) is 6.49. The van der Waals surface area contributed by atoms with Crippen molar-refractivity contribution in [2.24, 2.45) is 0 Å². The van der Waals surface area contributed by atoms with E-state index in [-0.39, 0.29) is 48.3 Å². The molecule has 0 spiro atoms. The molecule has 4 rings (SSSR count). The minimum Gasteiger partial charge on any atom is -0.496 e. The first-order valence-corrected chi connectivity index (χ1v) is 21.5. The van der Waals surface area contributed by atoms with Gasteiger partial charge in [-0.05, 0) is 169 Å². The quantitative estimate of drug-likeness (QED) is 0.107. The van der Waals surface area contributed by atoms with Crippen molar-refractivity contribution in [1.29, 1.82) is 0 Å². The van der Waals surface area contributed by atoms with E-state index in [0.29, 0.717) is 40.9 Å². The highest BCUT2D eigenvalue weighted by Crippen LogP contribution is 2.37. The highest BCUT2D eigenvalue weighted by molar-refractivity contribution is 9.10. The van der Waals surface area contributed by atoms with Crippen LogP contribution in [-0.2, 0) is 19.1 Å². The maximum atomic E-state index is 14.8. The molecule has 8 nitrogen and oxygen atoms in total. The van der Waals surface area contributed by atoms with Gasteiger partial charge in [-0.25, -0.2) is 8.78 Å². The van der Waals surface area contributed by atoms with Crippen molar-refractivity contribution in [1.82, 2.24) is 0 Å². The Hall–Kier alpha value is -4.26. The SMILES string of the molecule is CC(C)(O)C(C)(C)O.CCOC(=O)C[C@H](C)c1cc(-c2c(C)ccc(OC)c2C)cc(C)c1F.COc1ccc(C)c(Br)c1C.[B]c1cc(C)c(F)c([C@@H](C)CC(=O)OCC)c1. The number of hydrogen-bond acceptors (Lipinski definition) is 8. The molecule has 4 aromatic carbocycles. The second-order valence-corrected chi connectivity index (χ2v) is 17.3. The van der Waals surface area contributed by atoms with E-state index < -0.39 is 11.2 Å². The molecule has 0 aliphatic heterocycles. The van der Waals surface area contributed by atoms with Crippen LogP contribution >= 0.6 is 15.9 Å². The van der Waals surface area contributed by atoms with Crippen molar-refractivity contribution in [3.63, 3.8) is 0 Å². The summed E-state index contributed by atoms with van der Waals surface area (Å²) in [4.78, 5) is 23.1. The fourth-order valence-electron chi connectivity index (χ4n) is 6.16. The van der Waals surface area contributed by atoms with Gasteiger partial charge in [0.2, 0.25) is 0 Å². The van der Waals surface area contributed by atoms with Crippen molar-refractivity contribution in [3.05, 3.63) is 109 Å². The maximum Gasteiger partial charge on any atom is 0.306 e. The molecule has 0 unspecified atom stereocenters. The van der Waals surface area contributed by atoms with Crippen LogP contribution in [0.5, 0.6) is 11.5 Å². The van der Waals surface area contributed by atoms with Crippen LogP contribution in [0.1, 0.15) is 125 Å². The second-order valence-electron chi connectivity index (χ2n) is 16.5. The van der Waals surface area contributed by atoms with E-state index in [1.807, 2.05) is 64.1 Å². The topological polar surface area (TPSA) is 112 Å². The lowest BCUT2D eigenvalue weighted by Gasteiger charge is -2.31. The third-order valence-electron chi connectivity index (χ3n) is 10.6. The van der Waals surface area contributed by atoms with Crippen molar-refractivity contribution in [2.45, 2.75) is 133 Å². The Morgan fingerprint density at radius 1 is 0.661 bits per heavy atom. The Morgan fingerprint density at radius 2 is 1.06 bits per heavy atom. The zero-order valence-corrected chi connectivity index (χ0v) is 41.2. The lowest BCUT2D eigenvalue weighted by atomic mass is 9.87. The molecule has 0 aliphatic carbocycles. The van der Waals surface area contributed by atoms with Crippen LogP contribution in [0.2, 0.25) is 0 Å². The van der Waals surface area contributed by atoms with E-state index >= 15 is 0 Å². The van der Waals surface area contributed by atoms with E-state index in [9.17, 15) is 18.4 Å². The van der Waals surface area contributed by atoms with Gasteiger partial charge in [-0.1, -0.05) is 59.5 Å². The number of benzene rings is 4. The van der Waals surface area contributed by atoms with E-state index in [1.54, 1.807) is 88.7 Å². The van der Waals surface area contributed by atoms with E-state index in [1.165, 1.54) is 5.56 Å². The van der Waals surface area contributed by atoms with Gasteiger partial charge >= 0.3 is 11.9 Å². The number of aliphatic hydroxyl groups is 2. The Balaban J connectivity index is 0.000000457. The van der Waals surface area contributed by atoms with Gasteiger partial charge in [-0.3, -0.25) is 9.59 Å². The highest BCUT2D eigenvalue weighted by atomic mass is 79.9. The fraction of sp³-hybridized carbons (Fsp3) is 0.480. The predicted molar refractivity (Wildman–Crippen MR) is 251 cm³/mol. The molecule has 62 heavy (non-hydrogen) atoms. The molecule has 0 heterocycles. The first kappa shape index (κ1) is 55.8. The number of aryl methyl sites for hydroxylation is 4. The molecular weight excluding hydrogens is 857 g/mol. The third kappa shape index (κ3) is 16.5. The normalized spacial score (nSPS) is 12.0. The third-order valence-corrected chi connectivity index (χ3v) is 11.8. The summed E-state index contributed by atoms with van der Waals surface area (Å²) in [5.41, 5.74) is 7.04. The molecule has 4 aromatic rings. The highest BCUT2D eigenvalue weighted by Gasteiger charge is 2.32. The average Bonchev–Trinajstić information content (AvgIpc) is 3.17. The van der Waals surface area contributed by atoms with Crippen LogP contribution in [0.4, 0.5) is 8.78 Å². The molecule has 2 N–H and O–H groups in total. The summed E-state index contributed by atoms with van der Waals surface area (Å²) in [6, 6.07) is 14.8. The van der Waals surface area contributed by atoms with Gasteiger partial charge in [0.15, 0.2) is 0 Å². The average molecular weight is 926 g/mol. The minimum atomic E-state index is -1.01. The second kappa shape index (κ2) is 25.1. The summed E-state index contributed by atoms with van der Waals surface area (Å²) in [5.74, 6) is 0.0433. The largest absolute Gasteiger partial charge is 0.496 e. The molecule has 0 saturated carbocycles. The molecule has 0 aliphatic rings. The predicted octanol–water partition coefficient (Wildman–Crippen LogP) is 11.1. The van der Waals surface area contributed by atoms with Crippen LogP contribution in [0, 0.1) is 53.2 Å². The van der Waals surface area contributed by atoms with Crippen LogP contribution in [0.25, 0.3) is 11.1 Å². The van der Waals surface area contributed by atoms with Crippen molar-refractivity contribution >= 4 is 41.2 Å². The molecular formula is C50H68BBrF2O8. The van der Waals surface area contributed by atoms with Crippen LogP contribution in [0.3, 0.4) is 0 Å². The summed E-state index contributed by atoms with van der Waals surface area (Å²) < 4.78 is 50.2. The van der Waals surface area contributed by atoms with Crippen molar-refractivity contribution in [2.75, 3.05) is 27.4 Å². The van der Waals surface area contributed by atoms with Gasteiger partial charge in [0.05, 0.1) is 51.5 Å². The summed E-state index contributed by atoms with van der Waals surface area (Å²) in [6.45, 7) is 25.7. The van der Waals surface area contributed by atoms with Gasteiger partial charge in [-0.15, -0.1) is 0 Å². The van der Waals surface area contributed by atoms with Crippen molar-refractivity contribution in [3.8, 4) is 22.6 Å². The molecule has 0 bridgehead atoms. The van der Waals surface area contributed by atoms with Gasteiger partial charge in [0.25, 0.3) is 0 Å². The van der Waals surface area contributed by atoms with Gasteiger partial charge < -0.3 is 29.2 Å². The van der Waals surface area contributed by atoms with Crippen molar-refractivity contribution < 1.29 is 47.5 Å². The number of rotatable bonds is 12. The van der Waals surface area contributed by atoms with Crippen LogP contribution < -0.4 is 14.9 Å². The van der Waals surface area contributed by atoms with Gasteiger partial charge in [0, 0.05) is 10.0 Å². The minimum absolute atomic E-state index is 0.156. The molecule has 2 atom stereocenters. The molecule has 2 radical (unpaired) electrons. The number of carbonyl (C=O) groups is 2. The molecule has 0 amide bonds. The first-order valence-electron chi connectivity index (χ1n) is 20.7. The Morgan fingerprint density at radius 3 is 1.48 bits per heavy atom. The number of methoxy groups -OCH3 is 2. The lowest BCUT2D eigenvalue weighted by Crippen LogP contribution is -2.44. The Labute approximate surface area is 379 Å². The maximum absolute atomic E-state index is 14.8. The molecule has 12 heteroatoms. The molecule has 0 fully saturated rings. The number of carbonyl (C=O) groups excluding carboxylic acids is 2. The van der Waals surface area contributed by atoms with E-state index in [0.717, 1.165) is 43.8 Å². The summed E-state index contributed by atoms with van der Waals surface area (Å²) in [6.07, 6.45) is 0.317. The molecule has 340 valence electrons. The van der Waals surface area contributed by atoms with Crippen LogP contribution in [-0.4, -0.2) is 68.6 Å². The van der Waals surface area contributed by atoms with Gasteiger partial charge in [0.1, 0.15) is 31.0 Å². The molecule has 0 aromatic heterocycles. The lowest BCUT2D eigenvalue weighted by molar-refractivity contribution is -0.144. The van der Waals surface area contributed by atoms with E-state index in [2.05, 4.69) is 22.9 Å². The van der Waals surface area contributed by atoms with Crippen LogP contribution in [0.15, 0.2) is 53.0 Å². The monoisotopic (exact) mass is 924 g/mol. The Kier molecular flexibility index (Phi) is 22.6. The zero-order valence-electron chi connectivity index (χ0n) is 39.7. The standard InChI is InChI=1S/C22H27FO3.C13H16BFO2.C9H11BrO.C6H14O2/c1-7-26-20(24)11-14(3)18-12-17(10-15(4)22(18)23)21-13(2)8-9-19(25-6)16(21)5;1-4-17-12(16)6-8(2)11-7-10(14)5-9(3)13(11)15;1-6-4-5-8(11-3)7(2)9(6)10;1-5(2,7)6(3,4)8/h8-10,12,14H,7,11H2,1-6H3;5,7-8H,4,6H2,1-3H3;4-5H,1-3H3;7-8H,1-4H3/t14-;8-;;/m00../s1. The summed E-state index contributed by atoms with van der Waals surface area (Å²) in [7, 11) is 9.00. The molecule has 0 saturated heterocycles. The summed E-state index contributed by atoms with van der Waals surface area (Å²) >= 11 is 3.49. The number of hydrogen-bond donors (Lipinski definition) is 2. The Bertz CT molecular complexity index is 2090. The van der Waals surface area contributed by atoms with Gasteiger partial charge in [-0.2, -0.15) is 0 Å². The summed E-state index contributed by atoms with van der Waals surface area (Å²) in [5, 5.41) is 18.2. The van der Waals surface area contributed by atoms with E-state index in [4.69, 9.17) is 37.0 Å².